The largest absolute Gasteiger partial charge is 0.384 e. The van der Waals surface area contributed by atoms with E-state index < -0.39 is 29.3 Å². The molecule has 3 aromatic heterocycles. The number of hydrogen-bond acceptors (Lipinski definition) is 6. The normalized spacial score (nSPS) is 24.0. The van der Waals surface area contributed by atoms with Crippen LogP contribution in [0, 0.1) is 11.8 Å². The molecule has 5 atom stereocenters. The molecule has 3 nitrogen and oxygen atoms in total. The number of rotatable bonds is 7. The van der Waals surface area contributed by atoms with E-state index in [1.54, 1.807) is 54.6 Å². The lowest BCUT2D eigenvalue weighted by atomic mass is 9.54. The Bertz CT molecular complexity index is 1730. The van der Waals surface area contributed by atoms with E-state index >= 15 is 0 Å². The van der Waals surface area contributed by atoms with Gasteiger partial charge >= 0.3 is 0 Å². The van der Waals surface area contributed by atoms with Gasteiger partial charge in [0.2, 0.25) is 0 Å². The Morgan fingerprint density at radius 1 is 0.714 bits per heavy atom. The van der Waals surface area contributed by atoms with Gasteiger partial charge in [0.05, 0.1) is 15.7 Å². The van der Waals surface area contributed by atoms with Crippen molar-refractivity contribution in [1.82, 2.24) is 0 Å². The standard InChI is InChI=1S/C32H22Cl4O3S3/c33-17-7-9-19(22(35)14-17)21-16-32(39,26-6-3-13-42-26)29(31(38)25-5-2-12-41-25)27(20-10-8-18(34)15-23(20)36)28(21)30(37)24-4-1-11-40-24/h1-15,21,27-29,39H,16H2/t21-,27+,28-,29+,32-/m1/s1. The van der Waals surface area contributed by atoms with Crippen molar-refractivity contribution in [3.8, 4) is 0 Å². The number of benzene rings is 2. The molecule has 0 spiro atoms. The van der Waals surface area contributed by atoms with Gasteiger partial charge in [-0.15, -0.1) is 34.0 Å². The lowest BCUT2D eigenvalue weighted by Crippen LogP contribution is -2.53. The predicted molar refractivity (Wildman–Crippen MR) is 176 cm³/mol. The second-order valence-electron chi connectivity index (χ2n) is 10.3. The van der Waals surface area contributed by atoms with Crippen LogP contribution in [0.15, 0.2) is 88.9 Å². The van der Waals surface area contributed by atoms with E-state index in [1.807, 2.05) is 34.3 Å². The van der Waals surface area contributed by atoms with Crippen molar-refractivity contribution in [3.05, 3.63) is 135 Å². The fourth-order valence-corrected chi connectivity index (χ4v) is 9.63. The van der Waals surface area contributed by atoms with Crippen LogP contribution in [-0.4, -0.2) is 16.7 Å². The summed E-state index contributed by atoms with van der Waals surface area (Å²) in [6.45, 7) is 0. The van der Waals surface area contributed by atoms with E-state index in [1.165, 1.54) is 34.0 Å². The SMILES string of the molecule is O=C(c1cccs1)[C@H]1[C@H](c2ccc(Cl)cc2Cl)[C@@H](C(=O)c2cccs2)[C@](O)(c2cccs2)C[C@@H]1c1ccc(Cl)cc1Cl. The molecule has 0 aliphatic heterocycles. The number of thiophene rings is 3. The zero-order chi connectivity index (χ0) is 29.6. The van der Waals surface area contributed by atoms with Crippen LogP contribution < -0.4 is 0 Å². The average molecular weight is 693 g/mol. The van der Waals surface area contributed by atoms with Crippen LogP contribution >= 0.6 is 80.4 Å². The van der Waals surface area contributed by atoms with Gasteiger partial charge in [-0.1, -0.05) is 76.7 Å². The highest BCUT2D eigenvalue weighted by Gasteiger charge is 2.60. The maximum atomic E-state index is 14.6. The molecule has 1 fully saturated rings. The van der Waals surface area contributed by atoms with Gasteiger partial charge in [0.15, 0.2) is 11.6 Å². The van der Waals surface area contributed by atoms with Gasteiger partial charge in [0, 0.05) is 36.8 Å². The molecule has 10 heteroatoms. The van der Waals surface area contributed by atoms with E-state index in [9.17, 15) is 14.7 Å². The molecule has 0 unspecified atom stereocenters. The Morgan fingerprint density at radius 2 is 1.26 bits per heavy atom. The van der Waals surface area contributed by atoms with Crippen molar-refractivity contribution in [2.45, 2.75) is 23.9 Å². The first-order valence-electron chi connectivity index (χ1n) is 13.0. The monoisotopic (exact) mass is 690 g/mol. The number of hydrogen-bond donors (Lipinski definition) is 1. The Hall–Kier alpha value is -2.00. The number of carbonyl (C=O) groups is 2. The van der Waals surface area contributed by atoms with Crippen LogP contribution in [0.3, 0.4) is 0 Å². The maximum absolute atomic E-state index is 14.6. The second kappa shape index (κ2) is 12.2. The lowest BCUT2D eigenvalue weighted by Gasteiger charge is -2.51. The molecule has 0 saturated heterocycles. The summed E-state index contributed by atoms with van der Waals surface area (Å²) >= 11 is 30.3. The summed E-state index contributed by atoms with van der Waals surface area (Å²) in [5.41, 5.74) is -0.415. The Balaban J connectivity index is 1.68. The van der Waals surface area contributed by atoms with Gasteiger partial charge in [0.1, 0.15) is 5.60 Å². The van der Waals surface area contributed by atoms with Crippen LogP contribution in [0.5, 0.6) is 0 Å². The third-order valence-electron chi connectivity index (χ3n) is 7.97. The second-order valence-corrected chi connectivity index (χ2v) is 14.8. The summed E-state index contributed by atoms with van der Waals surface area (Å²) in [7, 11) is 0. The summed E-state index contributed by atoms with van der Waals surface area (Å²) in [6, 6.07) is 21.1. The van der Waals surface area contributed by atoms with E-state index in [4.69, 9.17) is 46.4 Å². The number of carbonyl (C=O) groups excluding carboxylic acids is 2. The Kier molecular flexibility index (Phi) is 8.71. The van der Waals surface area contributed by atoms with Crippen molar-refractivity contribution in [1.29, 1.82) is 0 Å². The van der Waals surface area contributed by atoms with Crippen molar-refractivity contribution in [2.24, 2.45) is 11.8 Å². The van der Waals surface area contributed by atoms with Crippen LogP contribution in [0.25, 0.3) is 0 Å². The van der Waals surface area contributed by atoms with Crippen LogP contribution in [0.2, 0.25) is 20.1 Å². The highest BCUT2D eigenvalue weighted by Crippen LogP contribution is 2.60. The Morgan fingerprint density at radius 3 is 1.79 bits per heavy atom. The predicted octanol–water partition coefficient (Wildman–Crippen LogP) is 10.6. The van der Waals surface area contributed by atoms with E-state index in [0.717, 1.165) is 0 Å². The molecule has 6 rings (SSSR count). The molecule has 0 radical (unpaired) electrons. The lowest BCUT2D eigenvalue weighted by molar-refractivity contribution is -0.0662. The minimum absolute atomic E-state index is 0.0835. The molecule has 42 heavy (non-hydrogen) atoms. The fraction of sp³-hybridized carbons (Fsp3) is 0.188. The summed E-state index contributed by atoms with van der Waals surface area (Å²) in [5.74, 6) is -3.63. The zero-order valence-corrected chi connectivity index (χ0v) is 27.2. The van der Waals surface area contributed by atoms with Gasteiger partial charge in [-0.3, -0.25) is 9.59 Å². The molecule has 3 heterocycles. The summed E-state index contributed by atoms with van der Waals surface area (Å²) in [4.78, 5) is 30.9. The molecular formula is C32H22Cl4O3S3. The number of halogens is 4. The molecule has 1 N–H and O–H groups in total. The van der Waals surface area contributed by atoms with Gasteiger partial charge < -0.3 is 5.11 Å². The molecule has 2 aromatic carbocycles. The maximum Gasteiger partial charge on any atom is 0.179 e. The Labute approximate surface area is 275 Å². The average Bonchev–Trinajstić information content (AvgIpc) is 3.76. The smallest absolute Gasteiger partial charge is 0.179 e. The van der Waals surface area contributed by atoms with Gasteiger partial charge in [-0.25, -0.2) is 0 Å². The topological polar surface area (TPSA) is 54.4 Å². The van der Waals surface area contributed by atoms with Gasteiger partial charge in [-0.2, -0.15) is 0 Å². The number of ketones is 2. The molecule has 1 saturated carbocycles. The first kappa shape index (κ1) is 30.0. The third-order valence-corrected chi connectivity index (χ3v) is 11.9. The molecular weight excluding hydrogens is 670 g/mol. The van der Waals surface area contributed by atoms with Gasteiger partial charge in [-0.05, 0) is 82.1 Å². The summed E-state index contributed by atoms with van der Waals surface area (Å²) in [5, 5.41) is 20.0. The minimum Gasteiger partial charge on any atom is -0.384 e. The highest BCUT2D eigenvalue weighted by molar-refractivity contribution is 7.12. The van der Waals surface area contributed by atoms with Crippen LogP contribution in [-0.2, 0) is 5.60 Å². The molecule has 214 valence electrons. The number of aliphatic hydroxyl groups is 1. The molecule has 5 aromatic rings. The zero-order valence-electron chi connectivity index (χ0n) is 21.7. The summed E-state index contributed by atoms with van der Waals surface area (Å²) < 4.78 is 0. The highest BCUT2D eigenvalue weighted by atomic mass is 35.5. The van der Waals surface area contributed by atoms with E-state index in [0.29, 0.717) is 45.8 Å². The molecule has 0 bridgehead atoms. The summed E-state index contributed by atoms with van der Waals surface area (Å²) in [6.07, 6.45) is 0.0835. The minimum atomic E-state index is -1.65. The third kappa shape index (κ3) is 5.42. The van der Waals surface area contributed by atoms with Crippen molar-refractivity contribution in [3.63, 3.8) is 0 Å². The van der Waals surface area contributed by atoms with Crippen molar-refractivity contribution < 1.29 is 14.7 Å². The first-order chi connectivity index (χ1) is 20.2. The molecule has 1 aliphatic carbocycles. The van der Waals surface area contributed by atoms with Crippen molar-refractivity contribution in [2.75, 3.05) is 0 Å². The first-order valence-corrected chi connectivity index (χ1v) is 17.2. The quantitative estimate of drug-likeness (QED) is 0.173. The number of Topliss-reactive ketones (excluding diaryl/α,β-unsaturated/α-hetero) is 2. The van der Waals surface area contributed by atoms with Crippen molar-refractivity contribution >= 4 is 92.0 Å². The van der Waals surface area contributed by atoms with E-state index in [2.05, 4.69) is 0 Å². The fourth-order valence-electron chi connectivity index (χ4n) is 6.25. The molecule has 0 amide bonds. The molecule has 1 aliphatic rings. The van der Waals surface area contributed by atoms with E-state index in [-0.39, 0.29) is 18.0 Å². The van der Waals surface area contributed by atoms with Crippen LogP contribution in [0.1, 0.15) is 53.6 Å². The van der Waals surface area contributed by atoms with Crippen LogP contribution in [0.4, 0.5) is 0 Å². The van der Waals surface area contributed by atoms with Gasteiger partial charge in [0.25, 0.3) is 0 Å².